The zero-order valence-corrected chi connectivity index (χ0v) is 51.4. The molecule has 0 fully saturated rings. The lowest BCUT2D eigenvalue weighted by molar-refractivity contribution is -0.161. The third kappa shape index (κ3) is 53.4. The Bertz CT molecular complexity index is 1520. The van der Waals surface area contributed by atoms with Crippen LogP contribution in [-0.4, -0.2) is 96.7 Å². The molecule has 78 heavy (non-hydrogen) atoms. The normalized spacial score (nSPS) is 14.3. The number of hydrogen-bond donors (Lipinski definition) is 3. The van der Waals surface area contributed by atoms with Crippen molar-refractivity contribution in [1.29, 1.82) is 0 Å². The standard InChI is InChI=1S/C59H114O17P2/c1-5-9-13-17-21-23-25-26-27-28-29-31-34-38-42-46-59(64)76-54(49-69-56(61)43-39-35-20-16-12-8-4)51-73-77(65,66)71-47-53(60)48-72-78(67,68)74-52-55(75-58(63)45-41-37-32-19-15-11-7-3)50-70-57(62)44-40-36-33-30-24-22-18-14-10-6-2/h53-55,60H,5-52H2,1-4H3,(H,65,66)(H,67,68)/t53-,54-,55-/m1/s1. The maximum absolute atomic E-state index is 12.9. The molecule has 0 bridgehead atoms. The molecule has 0 saturated heterocycles. The van der Waals surface area contributed by atoms with Crippen molar-refractivity contribution in [1.82, 2.24) is 0 Å². The van der Waals surface area contributed by atoms with Crippen LogP contribution in [0.15, 0.2) is 0 Å². The molecule has 0 aromatic carbocycles. The fourth-order valence-electron chi connectivity index (χ4n) is 8.75. The van der Waals surface area contributed by atoms with Gasteiger partial charge in [0.25, 0.3) is 0 Å². The summed E-state index contributed by atoms with van der Waals surface area (Å²) in [6.07, 6.45) is 37.9. The van der Waals surface area contributed by atoms with Gasteiger partial charge in [-0.1, -0.05) is 246 Å². The smallest absolute Gasteiger partial charge is 0.462 e. The largest absolute Gasteiger partial charge is 0.472 e. The van der Waals surface area contributed by atoms with Crippen LogP contribution in [0.4, 0.5) is 0 Å². The first-order chi connectivity index (χ1) is 37.7. The van der Waals surface area contributed by atoms with E-state index in [1.54, 1.807) is 0 Å². The Labute approximate surface area is 473 Å². The van der Waals surface area contributed by atoms with Crippen molar-refractivity contribution in [2.24, 2.45) is 0 Å². The van der Waals surface area contributed by atoms with E-state index in [0.29, 0.717) is 25.7 Å². The van der Waals surface area contributed by atoms with Gasteiger partial charge in [-0.25, -0.2) is 9.13 Å². The molecule has 0 aromatic heterocycles. The second-order valence-corrected chi connectivity index (χ2v) is 24.3. The zero-order chi connectivity index (χ0) is 57.6. The van der Waals surface area contributed by atoms with Crippen molar-refractivity contribution in [2.75, 3.05) is 39.6 Å². The van der Waals surface area contributed by atoms with E-state index < -0.39 is 97.5 Å². The Hall–Kier alpha value is -1.94. The number of phosphoric ester groups is 2. The van der Waals surface area contributed by atoms with Crippen LogP contribution < -0.4 is 0 Å². The van der Waals surface area contributed by atoms with Crippen LogP contribution in [0.3, 0.4) is 0 Å². The topological polar surface area (TPSA) is 237 Å². The number of hydrogen-bond acceptors (Lipinski definition) is 15. The Morgan fingerprint density at radius 1 is 0.308 bits per heavy atom. The van der Waals surface area contributed by atoms with Crippen molar-refractivity contribution in [3.63, 3.8) is 0 Å². The predicted octanol–water partition coefficient (Wildman–Crippen LogP) is 16.0. The summed E-state index contributed by atoms with van der Waals surface area (Å²) in [6.45, 7) is 4.75. The highest BCUT2D eigenvalue weighted by atomic mass is 31.2. The van der Waals surface area contributed by atoms with Gasteiger partial charge in [0, 0.05) is 25.7 Å². The van der Waals surface area contributed by atoms with Crippen LogP contribution >= 0.6 is 15.6 Å². The minimum Gasteiger partial charge on any atom is -0.462 e. The van der Waals surface area contributed by atoms with E-state index in [1.165, 1.54) is 103 Å². The van der Waals surface area contributed by atoms with Crippen molar-refractivity contribution in [2.45, 2.75) is 316 Å². The summed E-state index contributed by atoms with van der Waals surface area (Å²) in [5.41, 5.74) is 0. The van der Waals surface area contributed by atoms with Crippen molar-refractivity contribution in [3.05, 3.63) is 0 Å². The summed E-state index contributed by atoms with van der Waals surface area (Å²) in [6, 6.07) is 0. The average Bonchev–Trinajstić information content (AvgIpc) is 3.41. The van der Waals surface area contributed by atoms with Gasteiger partial charge in [0.1, 0.15) is 19.3 Å². The minimum absolute atomic E-state index is 0.104. The van der Waals surface area contributed by atoms with E-state index >= 15 is 0 Å². The maximum Gasteiger partial charge on any atom is 0.472 e. The highest BCUT2D eigenvalue weighted by Gasteiger charge is 2.30. The molecule has 0 aliphatic carbocycles. The lowest BCUT2D eigenvalue weighted by Crippen LogP contribution is -2.30. The van der Waals surface area contributed by atoms with Crippen molar-refractivity contribution >= 4 is 39.5 Å². The first-order valence-electron chi connectivity index (χ1n) is 31.3. The zero-order valence-electron chi connectivity index (χ0n) is 49.6. The Morgan fingerprint density at radius 3 is 0.756 bits per heavy atom. The molecule has 0 spiro atoms. The molecule has 0 aliphatic heterocycles. The second-order valence-electron chi connectivity index (χ2n) is 21.4. The fraction of sp³-hybridized carbons (Fsp3) is 0.932. The molecule has 3 N–H and O–H groups in total. The minimum atomic E-state index is -4.93. The van der Waals surface area contributed by atoms with Gasteiger partial charge in [-0.05, 0) is 25.7 Å². The van der Waals surface area contributed by atoms with Gasteiger partial charge >= 0.3 is 39.5 Å². The Morgan fingerprint density at radius 2 is 0.513 bits per heavy atom. The average molecular weight is 1160 g/mol. The highest BCUT2D eigenvalue weighted by molar-refractivity contribution is 7.47. The third-order valence-electron chi connectivity index (χ3n) is 13.6. The molecule has 5 atom stereocenters. The first kappa shape index (κ1) is 76.1. The van der Waals surface area contributed by atoms with Gasteiger partial charge in [0.15, 0.2) is 12.2 Å². The Kier molecular flexibility index (Phi) is 53.0. The van der Waals surface area contributed by atoms with Gasteiger partial charge in [-0.15, -0.1) is 0 Å². The number of ether oxygens (including phenoxy) is 4. The molecular weight excluding hydrogens is 1040 g/mol. The monoisotopic (exact) mass is 1160 g/mol. The summed E-state index contributed by atoms with van der Waals surface area (Å²) < 4.78 is 67.5. The van der Waals surface area contributed by atoms with Crippen molar-refractivity contribution in [3.8, 4) is 0 Å². The van der Waals surface area contributed by atoms with Crippen LogP contribution in [0, 0.1) is 0 Å². The molecule has 0 aromatic rings. The van der Waals surface area contributed by atoms with Crippen molar-refractivity contribution < 1.29 is 80.2 Å². The number of aliphatic hydroxyl groups is 1. The van der Waals surface area contributed by atoms with E-state index in [0.717, 1.165) is 116 Å². The Balaban J connectivity index is 5.11. The van der Waals surface area contributed by atoms with Gasteiger partial charge < -0.3 is 33.8 Å². The van der Waals surface area contributed by atoms with E-state index in [4.69, 9.17) is 37.0 Å². The summed E-state index contributed by atoms with van der Waals surface area (Å²) in [7, 11) is -9.86. The third-order valence-corrected chi connectivity index (χ3v) is 15.5. The fourth-order valence-corrected chi connectivity index (χ4v) is 10.3. The quantitative estimate of drug-likeness (QED) is 0.0222. The molecule has 462 valence electrons. The summed E-state index contributed by atoms with van der Waals surface area (Å²) in [4.78, 5) is 71.7. The van der Waals surface area contributed by atoms with Gasteiger partial charge in [-0.3, -0.25) is 37.3 Å². The molecule has 0 aliphatic rings. The molecule has 0 saturated carbocycles. The molecule has 2 unspecified atom stereocenters. The van der Waals surface area contributed by atoms with E-state index in [-0.39, 0.29) is 25.7 Å². The van der Waals surface area contributed by atoms with Crippen LogP contribution in [-0.2, 0) is 65.4 Å². The van der Waals surface area contributed by atoms with Crippen LogP contribution in [0.2, 0.25) is 0 Å². The second kappa shape index (κ2) is 54.3. The number of aliphatic hydroxyl groups excluding tert-OH is 1. The van der Waals surface area contributed by atoms with Gasteiger partial charge in [0.05, 0.1) is 26.4 Å². The SMILES string of the molecule is CCCCCCCCCCCCCCCCCC(=O)O[C@H](COC(=O)CCCCCCCC)COP(=O)(O)OC[C@@H](O)COP(=O)(O)OC[C@@H](COC(=O)CCCCCCCCCCCC)OC(=O)CCCCCCCCC. The van der Waals surface area contributed by atoms with E-state index in [1.807, 2.05) is 0 Å². The molecule has 0 radical (unpaired) electrons. The number of carbonyl (C=O) groups excluding carboxylic acids is 4. The summed E-state index contributed by atoms with van der Waals surface area (Å²) >= 11 is 0. The lowest BCUT2D eigenvalue weighted by atomic mass is 10.0. The molecule has 0 rings (SSSR count). The van der Waals surface area contributed by atoms with Gasteiger partial charge in [-0.2, -0.15) is 0 Å². The number of phosphoric acid groups is 2. The molecule has 0 amide bonds. The lowest BCUT2D eigenvalue weighted by Gasteiger charge is -2.21. The summed E-state index contributed by atoms with van der Waals surface area (Å²) in [5.74, 6) is -2.15. The molecular formula is C59H114O17P2. The highest BCUT2D eigenvalue weighted by Crippen LogP contribution is 2.45. The summed E-state index contributed by atoms with van der Waals surface area (Å²) in [5, 5.41) is 10.5. The van der Waals surface area contributed by atoms with E-state index in [2.05, 4.69) is 27.7 Å². The number of esters is 4. The van der Waals surface area contributed by atoms with Crippen LogP contribution in [0.25, 0.3) is 0 Å². The molecule has 0 heterocycles. The van der Waals surface area contributed by atoms with Gasteiger partial charge in [0.2, 0.25) is 0 Å². The number of carbonyl (C=O) groups is 4. The van der Waals surface area contributed by atoms with Crippen LogP contribution in [0.1, 0.15) is 297 Å². The number of unbranched alkanes of at least 4 members (excludes halogenated alkanes) is 34. The number of rotatable bonds is 60. The molecule has 17 nitrogen and oxygen atoms in total. The predicted molar refractivity (Wildman–Crippen MR) is 308 cm³/mol. The van der Waals surface area contributed by atoms with E-state index in [9.17, 15) is 43.2 Å². The van der Waals surface area contributed by atoms with Crippen LogP contribution in [0.5, 0.6) is 0 Å². The molecule has 19 heteroatoms. The first-order valence-corrected chi connectivity index (χ1v) is 34.3. The maximum atomic E-state index is 12.9.